The lowest BCUT2D eigenvalue weighted by Gasteiger charge is -2.31. The van der Waals surface area contributed by atoms with Crippen molar-refractivity contribution < 1.29 is 8.42 Å². The number of nitriles is 1. The second kappa shape index (κ2) is 6.84. The van der Waals surface area contributed by atoms with Gasteiger partial charge in [0, 0.05) is 19.0 Å². The molecule has 0 saturated carbocycles. The Labute approximate surface area is 120 Å². The van der Waals surface area contributed by atoms with Gasteiger partial charge in [0.05, 0.1) is 11.0 Å². The molecule has 0 atom stereocenters. The Balaban J connectivity index is 1.88. The molecular weight excluding hydrogens is 274 g/mol. The normalized spacial score (nSPS) is 17.8. The fraction of sp³-hybridized carbons (Fsp3) is 0.500. The van der Waals surface area contributed by atoms with Gasteiger partial charge in [0.15, 0.2) is 0 Å². The molecule has 1 saturated heterocycles. The summed E-state index contributed by atoms with van der Waals surface area (Å²) in [5.41, 5.74) is 0. The van der Waals surface area contributed by atoms with E-state index >= 15 is 0 Å². The van der Waals surface area contributed by atoms with Crippen molar-refractivity contribution in [1.29, 1.82) is 5.26 Å². The van der Waals surface area contributed by atoms with Gasteiger partial charge in [-0.1, -0.05) is 18.2 Å². The molecule has 1 aromatic carbocycles. The minimum absolute atomic E-state index is 0.0152. The predicted octanol–water partition coefficient (Wildman–Crippen LogP) is 1.34. The van der Waals surface area contributed by atoms with Crippen LogP contribution in [0.3, 0.4) is 0 Å². The van der Waals surface area contributed by atoms with Gasteiger partial charge >= 0.3 is 0 Å². The summed E-state index contributed by atoms with van der Waals surface area (Å²) in [6, 6.07) is 10.6. The van der Waals surface area contributed by atoms with Crippen molar-refractivity contribution >= 4 is 10.0 Å². The van der Waals surface area contributed by atoms with Gasteiger partial charge in [-0.3, -0.25) is 0 Å². The Morgan fingerprint density at radius 2 is 1.90 bits per heavy atom. The van der Waals surface area contributed by atoms with Crippen LogP contribution in [0.15, 0.2) is 35.2 Å². The van der Waals surface area contributed by atoms with Crippen LogP contribution in [0.1, 0.15) is 19.3 Å². The zero-order valence-corrected chi connectivity index (χ0v) is 12.1. The summed E-state index contributed by atoms with van der Waals surface area (Å²) in [6.07, 6.45) is 2.11. The molecule has 1 aliphatic heterocycles. The highest BCUT2D eigenvalue weighted by molar-refractivity contribution is 7.89. The van der Waals surface area contributed by atoms with Gasteiger partial charge in [-0.25, -0.2) is 13.1 Å². The number of benzene rings is 1. The van der Waals surface area contributed by atoms with E-state index in [9.17, 15) is 8.42 Å². The van der Waals surface area contributed by atoms with Crippen molar-refractivity contribution in [2.45, 2.75) is 30.2 Å². The van der Waals surface area contributed by atoms with E-state index in [1.165, 1.54) is 0 Å². The molecule has 0 aromatic heterocycles. The Hall–Kier alpha value is -1.42. The predicted molar refractivity (Wildman–Crippen MR) is 76.5 cm³/mol. The van der Waals surface area contributed by atoms with Crippen molar-refractivity contribution in [3.63, 3.8) is 0 Å². The number of nitrogens with one attached hydrogen (secondary N) is 1. The number of piperidine rings is 1. The molecule has 1 heterocycles. The van der Waals surface area contributed by atoms with Crippen LogP contribution in [-0.4, -0.2) is 39.0 Å². The zero-order chi connectivity index (χ0) is 14.4. The Morgan fingerprint density at radius 3 is 2.50 bits per heavy atom. The van der Waals surface area contributed by atoms with Crippen LogP contribution in [-0.2, 0) is 10.0 Å². The molecule has 0 spiro atoms. The second-order valence-electron chi connectivity index (χ2n) is 4.96. The topological polar surface area (TPSA) is 73.2 Å². The highest BCUT2D eigenvalue weighted by Crippen LogP contribution is 2.14. The lowest BCUT2D eigenvalue weighted by atomic mass is 10.1. The largest absolute Gasteiger partial charge is 0.302 e. The Morgan fingerprint density at radius 1 is 1.25 bits per heavy atom. The first kappa shape index (κ1) is 15.0. The molecule has 1 N–H and O–H groups in total. The first-order chi connectivity index (χ1) is 9.62. The summed E-state index contributed by atoms with van der Waals surface area (Å²) < 4.78 is 27.1. The van der Waals surface area contributed by atoms with E-state index < -0.39 is 10.0 Å². The van der Waals surface area contributed by atoms with Gasteiger partial charge in [-0.2, -0.15) is 5.26 Å². The number of nitrogens with zero attached hydrogens (tertiary/aromatic N) is 2. The van der Waals surface area contributed by atoms with Crippen molar-refractivity contribution in [1.82, 2.24) is 9.62 Å². The first-order valence-electron chi connectivity index (χ1n) is 6.78. The van der Waals surface area contributed by atoms with Gasteiger partial charge in [0.25, 0.3) is 0 Å². The third-order valence-corrected chi connectivity index (χ3v) is 5.04. The molecular formula is C14H19N3O2S. The molecule has 1 fully saturated rings. The van der Waals surface area contributed by atoms with Crippen LogP contribution in [0.5, 0.6) is 0 Å². The van der Waals surface area contributed by atoms with Crippen molar-refractivity contribution in [3.05, 3.63) is 30.3 Å². The first-order valence-corrected chi connectivity index (χ1v) is 8.27. The molecule has 0 radical (unpaired) electrons. The molecule has 1 aliphatic rings. The van der Waals surface area contributed by atoms with Crippen LogP contribution in [0.25, 0.3) is 0 Å². The summed E-state index contributed by atoms with van der Waals surface area (Å²) in [5.74, 6) is 0. The molecule has 108 valence electrons. The van der Waals surface area contributed by atoms with Crippen LogP contribution in [0.2, 0.25) is 0 Å². The smallest absolute Gasteiger partial charge is 0.240 e. The van der Waals surface area contributed by atoms with Gasteiger partial charge in [0.2, 0.25) is 10.0 Å². The maximum atomic E-state index is 12.2. The summed E-state index contributed by atoms with van der Waals surface area (Å²) in [6.45, 7) is 2.45. The summed E-state index contributed by atoms with van der Waals surface area (Å²) >= 11 is 0. The van der Waals surface area contributed by atoms with Crippen molar-refractivity contribution in [2.75, 3.05) is 19.6 Å². The second-order valence-corrected chi connectivity index (χ2v) is 6.67. The molecule has 0 aliphatic carbocycles. The third-order valence-electron chi connectivity index (χ3n) is 3.50. The lowest BCUT2D eigenvalue weighted by Crippen LogP contribution is -2.44. The molecule has 0 unspecified atom stereocenters. The number of hydrogen-bond acceptors (Lipinski definition) is 4. The van der Waals surface area contributed by atoms with Crippen molar-refractivity contribution in [3.8, 4) is 6.07 Å². The van der Waals surface area contributed by atoms with E-state index in [1.54, 1.807) is 30.3 Å². The molecule has 20 heavy (non-hydrogen) atoms. The van der Waals surface area contributed by atoms with Crippen LogP contribution >= 0.6 is 0 Å². The fourth-order valence-corrected chi connectivity index (χ4v) is 3.70. The minimum atomic E-state index is -3.42. The average Bonchev–Trinajstić information content (AvgIpc) is 2.47. The number of hydrogen-bond donors (Lipinski definition) is 1. The van der Waals surface area contributed by atoms with Crippen LogP contribution < -0.4 is 4.72 Å². The van der Waals surface area contributed by atoms with Gasteiger partial charge in [-0.05, 0) is 38.1 Å². The van der Waals surface area contributed by atoms with E-state index in [2.05, 4.69) is 15.7 Å². The van der Waals surface area contributed by atoms with Gasteiger partial charge in [0.1, 0.15) is 0 Å². The Kier molecular flexibility index (Phi) is 5.12. The summed E-state index contributed by atoms with van der Waals surface area (Å²) in [7, 11) is -3.42. The van der Waals surface area contributed by atoms with Crippen LogP contribution in [0, 0.1) is 11.3 Å². The average molecular weight is 293 g/mol. The lowest BCUT2D eigenvalue weighted by molar-refractivity contribution is 0.211. The molecule has 0 amide bonds. The molecule has 0 bridgehead atoms. The van der Waals surface area contributed by atoms with Gasteiger partial charge < -0.3 is 4.90 Å². The number of sulfonamides is 1. The van der Waals surface area contributed by atoms with E-state index in [-0.39, 0.29) is 6.04 Å². The number of rotatable bonds is 5. The Bertz CT molecular complexity index is 558. The summed E-state index contributed by atoms with van der Waals surface area (Å²) in [5, 5.41) is 8.56. The maximum Gasteiger partial charge on any atom is 0.240 e. The molecule has 5 nitrogen and oxygen atoms in total. The monoisotopic (exact) mass is 293 g/mol. The minimum Gasteiger partial charge on any atom is -0.302 e. The van der Waals surface area contributed by atoms with E-state index in [0.717, 1.165) is 32.5 Å². The molecule has 6 heteroatoms. The third kappa shape index (κ3) is 4.04. The van der Waals surface area contributed by atoms with Gasteiger partial charge in [-0.15, -0.1) is 0 Å². The summed E-state index contributed by atoms with van der Waals surface area (Å²) in [4.78, 5) is 2.52. The SMILES string of the molecule is N#CCCN1CCC(NS(=O)(=O)c2ccccc2)CC1. The van der Waals surface area contributed by atoms with E-state index in [4.69, 9.17) is 5.26 Å². The molecule has 2 rings (SSSR count). The highest BCUT2D eigenvalue weighted by atomic mass is 32.2. The fourth-order valence-electron chi connectivity index (χ4n) is 2.37. The van der Waals surface area contributed by atoms with Crippen molar-refractivity contribution in [2.24, 2.45) is 0 Å². The quantitative estimate of drug-likeness (QED) is 0.889. The standard InChI is InChI=1S/C14H19N3O2S/c15-9-4-10-17-11-7-13(8-12-17)16-20(18,19)14-5-2-1-3-6-14/h1-3,5-6,13,16H,4,7-8,10-12H2. The zero-order valence-electron chi connectivity index (χ0n) is 11.3. The molecule has 1 aromatic rings. The highest BCUT2D eigenvalue weighted by Gasteiger charge is 2.24. The van der Waals surface area contributed by atoms with E-state index in [0.29, 0.717) is 11.3 Å². The van der Waals surface area contributed by atoms with Crippen LogP contribution in [0.4, 0.5) is 0 Å². The van der Waals surface area contributed by atoms with E-state index in [1.807, 2.05) is 0 Å². The maximum absolute atomic E-state index is 12.2. The number of likely N-dealkylation sites (tertiary alicyclic amines) is 1.